The van der Waals surface area contributed by atoms with Gasteiger partial charge in [0.1, 0.15) is 0 Å². The van der Waals surface area contributed by atoms with Gasteiger partial charge in [-0.2, -0.15) is 0 Å². The van der Waals surface area contributed by atoms with E-state index in [1.54, 1.807) is 0 Å². The summed E-state index contributed by atoms with van der Waals surface area (Å²) in [6.07, 6.45) is 5.32. The molecule has 0 aromatic heterocycles. The number of nitrogens with two attached hydrogens (primary N) is 1. The van der Waals surface area contributed by atoms with E-state index in [-0.39, 0.29) is 0 Å². The lowest BCUT2D eigenvalue weighted by molar-refractivity contribution is 0.197. The minimum Gasteiger partial charge on any atom is -0.327 e. The molecule has 0 aromatic carbocycles. The van der Waals surface area contributed by atoms with Crippen LogP contribution in [0.4, 0.5) is 0 Å². The van der Waals surface area contributed by atoms with E-state index in [1.165, 1.54) is 45.3 Å². The van der Waals surface area contributed by atoms with Gasteiger partial charge in [0.25, 0.3) is 0 Å². The zero-order chi connectivity index (χ0) is 9.68. The molecule has 0 heterocycles. The molecule has 13 heavy (non-hydrogen) atoms. The van der Waals surface area contributed by atoms with Gasteiger partial charge in [0, 0.05) is 12.6 Å². The van der Waals surface area contributed by atoms with Crippen LogP contribution in [0.3, 0.4) is 0 Å². The molecular formula is C11H24N2. The van der Waals surface area contributed by atoms with E-state index in [9.17, 15) is 0 Å². The Kier molecular flexibility index (Phi) is 4.74. The topological polar surface area (TPSA) is 29.3 Å². The smallest absolute Gasteiger partial charge is 0.00793 e. The summed E-state index contributed by atoms with van der Waals surface area (Å²) in [5, 5.41) is 0. The zero-order valence-electron chi connectivity index (χ0n) is 9.13. The standard InChI is InChI=1S/C11H24N2/c1-3-13(4-2)9-10-7-5-6-8-11(10)12/h10-11H,3-9,12H2,1-2H3/t10-,11-/m1/s1. The van der Waals surface area contributed by atoms with Crippen LogP contribution in [0.2, 0.25) is 0 Å². The highest BCUT2D eigenvalue weighted by Crippen LogP contribution is 2.23. The number of hydrogen-bond acceptors (Lipinski definition) is 2. The summed E-state index contributed by atoms with van der Waals surface area (Å²) in [5.41, 5.74) is 6.11. The zero-order valence-corrected chi connectivity index (χ0v) is 9.13. The fourth-order valence-corrected chi connectivity index (χ4v) is 2.28. The molecule has 0 radical (unpaired) electrons. The number of hydrogen-bond donors (Lipinski definition) is 1. The molecule has 1 aliphatic carbocycles. The van der Waals surface area contributed by atoms with Gasteiger partial charge in [0.2, 0.25) is 0 Å². The van der Waals surface area contributed by atoms with Crippen molar-refractivity contribution in [2.75, 3.05) is 19.6 Å². The summed E-state index contributed by atoms with van der Waals surface area (Å²) in [6.45, 7) is 8.02. The third-order valence-electron chi connectivity index (χ3n) is 3.36. The van der Waals surface area contributed by atoms with Gasteiger partial charge in [-0.25, -0.2) is 0 Å². The maximum Gasteiger partial charge on any atom is 0.00793 e. The second-order valence-corrected chi connectivity index (χ2v) is 4.19. The molecule has 2 N–H and O–H groups in total. The average molecular weight is 184 g/mol. The predicted molar refractivity (Wildman–Crippen MR) is 57.7 cm³/mol. The Bertz CT molecular complexity index is 132. The Balaban J connectivity index is 2.32. The van der Waals surface area contributed by atoms with Crippen LogP contribution >= 0.6 is 0 Å². The molecule has 78 valence electrons. The van der Waals surface area contributed by atoms with Crippen LogP contribution in [-0.2, 0) is 0 Å². The van der Waals surface area contributed by atoms with Crippen molar-refractivity contribution in [3.05, 3.63) is 0 Å². The van der Waals surface area contributed by atoms with E-state index in [1.807, 2.05) is 0 Å². The first-order valence-electron chi connectivity index (χ1n) is 5.75. The summed E-state index contributed by atoms with van der Waals surface area (Å²) in [4.78, 5) is 2.50. The van der Waals surface area contributed by atoms with Crippen molar-refractivity contribution < 1.29 is 0 Å². The SMILES string of the molecule is CCN(CC)C[C@H]1CCCC[C@H]1N. The molecule has 0 unspecified atom stereocenters. The van der Waals surface area contributed by atoms with Gasteiger partial charge >= 0.3 is 0 Å². The summed E-state index contributed by atoms with van der Waals surface area (Å²) in [7, 11) is 0. The van der Waals surface area contributed by atoms with Gasteiger partial charge in [-0.3, -0.25) is 0 Å². The van der Waals surface area contributed by atoms with E-state index in [0.29, 0.717) is 6.04 Å². The molecule has 0 aliphatic heterocycles. The normalized spacial score (nSPS) is 29.5. The molecule has 0 aromatic rings. The van der Waals surface area contributed by atoms with Crippen LogP contribution in [-0.4, -0.2) is 30.6 Å². The van der Waals surface area contributed by atoms with Crippen LogP contribution in [0.15, 0.2) is 0 Å². The first kappa shape index (κ1) is 11.0. The molecule has 2 heteroatoms. The molecule has 0 saturated heterocycles. The average Bonchev–Trinajstić information content (AvgIpc) is 2.17. The van der Waals surface area contributed by atoms with E-state index in [4.69, 9.17) is 5.73 Å². The minimum absolute atomic E-state index is 0.467. The molecule has 2 atom stereocenters. The summed E-state index contributed by atoms with van der Waals surface area (Å²) >= 11 is 0. The Hall–Kier alpha value is -0.0800. The predicted octanol–water partition coefficient (Wildman–Crippen LogP) is 1.85. The molecular weight excluding hydrogens is 160 g/mol. The van der Waals surface area contributed by atoms with Crippen molar-refractivity contribution in [1.29, 1.82) is 0 Å². The minimum atomic E-state index is 0.467. The van der Waals surface area contributed by atoms with Gasteiger partial charge < -0.3 is 10.6 Å². The second kappa shape index (κ2) is 5.61. The van der Waals surface area contributed by atoms with Gasteiger partial charge in [-0.1, -0.05) is 26.7 Å². The van der Waals surface area contributed by atoms with Gasteiger partial charge in [0.05, 0.1) is 0 Å². The lowest BCUT2D eigenvalue weighted by Crippen LogP contribution is -2.41. The summed E-state index contributed by atoms with van der Waals surface area (Å²) in [5.74, 6) is 0.758. The summed E-state index contributed by atoms with van der Waals surface area (Å²) in [6, 6.07) is 0.467. The van der Waals surface area contributed by atoms with Crippen molar-refractivity contribution in [1.82, 2.24) is 4.90 Å². The second-order valence-electron chi connectivity index (χ2n) is 4.19. The molecule has 1 rings (SSSR count). The van der Waals surface area contributed by atoms with Crippen molar-refractivity contribution in [2.24, 2.45) is 11.7 Å². The largest absolute Gasteiger partial charge is 0.327 e. The molecule has 0 spiro atoms. The Morgan fingerprint density at radius 3 is 2.31 bits per heavy atom. The highest BCUT2D eigenvalue weighted by atomic mass is 15.1. The molecule has 0 amide bonds. The van der Waals surface area contributed by atoms with E-state index in [2.05, 4.69) is 18.7 Å². The van der Waals surface area contributed by atoms with Crippen molar-refractivity contribution in [3.8, 4) is 0 Å². The van der Waals surface area contributed by atoms with E-state index in [0.717, 1.165) is 5.92 Å². The highest BCUT2D eigenvalue weighted by Gasteiger charge is 2.22. The third kappa shape index (κ3) is 3.28. The van der Waals surface area contributed by atoms with Crippen molar-refractivity contribution in [2.45, 2.75) is 45.6 Å². The van der Waals surface area contributed by atoms with E-state index >= 15 is 0 Å². The maximum absolute atomic E-state index is 6.11. The molecule has 0 bridgehead atoms. The Morgan fingerprint density at radius 1 is 1.15 bits per heavy atom. The van der Waals surface area contributed by atoms with Crippen LogP contribution < -0.4 is 5.73 Å². The molecule has 2 nitrogen and oxygen atoms in total. The lowest BCUT2D eigenvalue weighted by Gasteiger charge is -2.32. The molecule has 1 saturated carbocycles. The van der Waals surface area contributed by atoms with Crippen molar-refractivity contribution >= 4 is 0 Å². The monoisotopic (exact) mass is 184 g/mol. The maximum atomic E-state index is 6.11. The fourth-order valence-electron chi connectivity index (χ4n) is 2.28. The highest BCUT2D eigenvalue weighted by molar-refractivity contribution is 4.80. The Labute approximate surface area is 82.5 Å². The van der Waals surface area contributed by atoms with Crippen LogP contribution in [0.25, 0.3) is 0 Å². The first-order chi connectivity index (χ1) is 6.27. The quantitative estimate of drug-likeness (QED) is 0.722. The third-order valence-corrected chi connectivity index (χ3v) is 3.36. The van der Waals surface area contributed by atoms with Gasteiger partial charge in [-0.05, 0) is 31.8 Å². The number of rotatable bonds is 4. The van der Waals surface area contributed by atoms with E-state index < -0.39 is 0 Å². The van der Waals surface area contributed by atoms with Crippen LogP contribution in [0, 0.1) is 5.92 Å². The lowest BCUT2D eigenvalue weighted by atomic mass is 9.85. The van der Waals surface area contributed by atoms with Gasteiger partial charge in [0.15, 0.2) is 0 Å². The first-order valence-corrected chi connectivity index (χ1v) is 5.75. The van der Waals surface area contributed by atoms with Crippen molar-refractivity contribution in [3.63, 3.8) is 0 Å². The van der Waals surface area contributed by atoms with Crippen LogP contribution in [0.5, 0.6) is 0 Å². The van der Waals surface area contributed by atoms with Crippen LogP contribution in [0.1, 0.15) is 39.5 Å². The molecule has 1 aliphatic rings. The number of nitrogens with zero attached hydrogens (tertiary/aromatic N) is 1. The summed E-state index contributed by atoms with van der Waals surface area (Å²) < 4.78 is 0. The van der Waals surface area contributed by atoms with Gasteiger partial charge in [-0.15, -0.1) is 0 Å². The fraction of sp³-hybridized carbons (Fsp3) is 1.00. The molecule has 1 fully saturated rings. The Morgan fingerprint density at radius 2 is 1.77 bits per heavy atom.